The SMILES string of the molecule is CCNC(Cc1cc(C)nn1C)C(OCC)C1CC1. The van der Waals surface area contributed by atoms with Crippen molar-refractivity contribution >= 4 is 0 Å². The summed E-state index contributed by atoms with van der Waals surface area (Å²) in [6.07, 6.45) is 3.97. The average Bonchev–Trinajstić information content (AvgIpc) is 3.13. The zero-order chi connectivity index (χ0) is 13.8. The molecule has 1 saturated carbocycles. The van der Waals surface area contributed by atoms with Crippen LogP contribution in [0.4, 0.5) is 0 Å². The van der Waals surface area contributed by atoms with Crippen LogP contribution in [0.15, 0.2) is 6.07 Å². The first kappa shape index (κ1) is 14.5. The Kier molecular flexibility index (Phi) is 4.99. The highest BCUT2D eigenvalue weighted by Crippen LogP contribution is 2.36. The Balaban J connectivity index is 2.07. The summed E-state index contributed by atoms with van der Waals surface area (Å²) in [5.74, 6) is 0.748. The molecule has 0 amide bonds. The van der Waals surface area contributed by atoms with Crippen molar-refractivity contribution in [2.24, 2.45) is 13.0 Å². The number of hydrogen-bond acceptors (Lipinski definition) is 3. The molecule has 19 heavy (non-hydrogen) atoms. The predicted molar refractivity (Wildman–Crippen MR) is 77.3 cm³/mol. The monoisotopic (exact) mass is 265 g/mol. The van der Waals surface area contributed by atoms with Gasteiger partial charge in [0.1, 0.15) is 0 Å². The zero-order valence-corrected chi connectivity index (χ0v) is 12.6. The molecule has 1 N–H and O–H groups in total. The van der Waals surface area contributed by atoms with Gasteiger partial charge in [0.05, 0.1) is 11.8 Å². The zero-order valence-electron chi connectivity index (χ0n) is 12.6. The fourth-order valence-corrected chi connectivity index (χ4v) is 2.85. The van der Waals surface area contributed by atoms with E-state index in [4.69, 9.17) is 4.74 Å². The number of nitrogens with one attached hydrogen (secondary N) is 1. The Hall–Kier alpha value is -0.870. The van der Waals surface area contributed by atoms with E-state index in [2.05, 4.69) is 30.3 Å². The predicted octanol–water partition coefficient (Wildman–Crippen LogP) is 2.06. The lowest BCUT2D eigenvalue weighted by Gasteiger charge is -2.28. The summed E-state index contributed by atoms with van der Waals surface area (Å²) >= 11 is 0. The Morgan fingerprint density at radius 2 is 2.21 bits per heavy atom. The van der Waals surface area contributed by atoms with Crippen LogP contribution in [-0.2, 0) is 18.2 Å². The van der Waals surface area contributed by atoms with E-state index in [9.17, 15) is 0 Å². The Bertz CT molecular complexity index is 398. The van der Waals surface area contributed by atoms with Gasteiger partial charge in [-0.3, -0.25) is 4.68 Å². The highest BCUT2D eigenvalue weighted by Gasteiger charge is 2.37. The lowest BCUT2D eigenvalue weighted by molar-refractivity contribution is 0.0192. The van der Waals surface area contributed by atoms with Gasteiger partial charge in [-0.15, -0.1) is 0 Å². The van der Waals surface area contributed by atoms with E-state index in [1.807, 2.05) is 18.7 Å². The summed E-state index contributed by atoms with van der Waals surface area (Å²) in [5, 5.41) is 8.05. The molecule has 1 heterocycles. The van der Waals surface area contributed by atoms with Gasteiger partial charge < -0.3 is 10.1 Å². The molecular formula is C15H27N3O. The molecule has 1 aromatic rings. The summed E-state index contributed by atoms with van der Waals surface area (Å²) in [5.41, 5.74) is 2.38. The van der Waals surface area contributed by atoms with Gasteiger partial charge in [-0.1, -0.05) is 6.92 Å². The van der Waals surface area contributed by atoms with E-state index in [0.29, 0.717) is 12.1 Å². The van der Waals surface area contributed by atoms with Crippen LogP contribution in [0.25, 0.3) is 0 Å². The number of hydrogen-bond donors (Lipinski definition) is 1. The molecular weight excluding hydrogens is 238 g/mol. The number of rotatable bonds is 8. The molecule has 0 aliphatic heterocycles. The largest absolute Gasteiger partial charge is 0.377 e. The number of likely N-dealkylation sites (N-methyl/N-ethyl adjacent to an activating group) is 1. The van der Waals surface area contributed by atoms with Crippen LogP contribution in [0.3, 0.4) is 0 Å². The van der Waals surface area contributed by atoms with Crippen molar-refractivity contribution in [3.8, 4) is 0 Å². The Morgan fingerprint density at radius 1 is 1.47 bits per heavy atom. The van der Waals surface area contributed by atoms with Gasteiger partial charge >= 0.3 is 0 Å². The maximum absolute atomic E-state index is 6.01. The fraction of sp³-hybridized carbons (Fsp3) is 0.800. The topological polar surface area (TPSA) is 39.1 Å². The molecule has 2 atom stereocenters. The van der Waals surface area contributed by atoms with Crippen LogP contribution in [0.1, 0.15) is 38.1 Å². The van der Waals surface area contributed by atoms with Crippen molar-refractivity contribution in [1.82, 2.24) is 15.1 Å². The standard InChI is InChI=1S/C15H27N3O/c1-5-16-14(15(19-6-2)12-7-8-12)10-13-9-11(3)17-18(13)4/h9,12,14-16H,5-8,10H2,1-4H3. The van der Waals surface area contributed by atoms with E-state index < -0.39 is 0 Å². The summed E-state index contributed by atoms with van der Waals surface area (Å²) in [6.45, 7) is 8.09. The first-order valence-electron chi connectivity index (χ1n) is 7.50. The lowest BCUT2D eigenvalue weighted by Crippen LogP contribution is -2.44. The molecule has 4 nitrogen and oxygen atoms in total. The molecule has 1 aliphatic carbocycles. The molecule has 108 valence electrons. The minimum Gasteiger partial charge on any atom is -0.377 e. The fourth-order valence-electron chi connectivity index (χ4n) is 2.85. The molecule has 0 radical (unpaired) electrons. The summed E-state index contributed by atoms with van der Waals surface area (Å²) in [7, 11) is 2.03. The normalized spacial score (nSPS) is 18.5. The van der Waals surface area contributed by atoms with Crippen molar-refractivity contribution in [1.29, 1.82) is 0 Å². The number of nitrogens with zero attached hydrogens (tertiary/aromatic N) is 2. The van der Waals surface area contributed by atoms with Crippen LogP contribution in [0.5, 0.6) is 0 Å². The van der Waals surface area contributed by atoms with Crippen molar-refractivity contribution < 1.29 is 4.74 Å². The number of ether oxygens (including phenoxy) is 1. The smallest absolute Gasteiger partial charge is 0.0759 e. The molecule has 0 bridgehead atoms. The molecule has 1 aliphatic rings. The molecule has 1 aromatic heterocycles. The molecule has 1 fully saturated rings. The average molecular weight is 265 g/mol. The summed E-state index contributed by atoms with van der Waals surface area (Å²) in [4.78, 5) is 0. The number of aryl methyl sites for hydroxylation is 2. The van der Waals surface area contributed by atoms with Gasteiger partial charge in [-0.25, -0.2) is 0 Å². The van der Waals surface area contributed by atoms with Gasteiger partial charge in [-0.05, 0) is 45.2 Å². The van der Waals surface area contributed by atoms with Crippen molar-refractivity contribution in [3.63, 3.8) is 0 Å². The first-order valence-corrected chi connectivity index (χ1v) is 7.50. The third-order valence-corrected chi connectivity index (χ3v) is 3.84. The van der Waals surface area contributed by atoms with E-state index in [1.165, 1.54) is 18.5 Å². The second-order valence-corrected chi connectivity index (χ2v) is 5.53. The molecule has 0 aromatic carbocycles. The van der Waals surface area contributed by atoms with E-state index in [-0.39, 0.29) is 0 Å². The number of aromatic nitrogens is 2. The van der Waals surface area contributed by atoms with Crippen molar-refractivity contribution in [3.05, 3.63) is 17.5 Å². The minimum atomic E-state index is 0.347. The van der Waals surface area contributed by atoms with Crippen molar-refractivity contribution in [2.45, 2.75) is 52.2 Å². The third-order valence-electron chi connectivity index (χ3n) is 3.84. The molecule has 2 unspecified atom stereocenters. The maximum atomic E-state index is 6.01. The highest BCUT2D eigenvalue weighted by atomic mass is 16.5. The third kappa shape index (κ3) is 3.80. The summed E-state index contributed by atoms with van der Waals surface area (Å²) < 4.78 is 8.00. The Morgan fingerprint density at radius 3 is 2.68 bits per heavy atom. The van der Waals surface area contributed by atoms with E-state index in [1.54, 1.807) is 0 Å². The van der Waals surface area contributed by atoms with Gasteiger partial charge in [0.25, 0.3) is 0 Å². The quantitative estimate of drug-likeness (QED) is 0.782. The second kappa shape index (κ2) is 6.53. The first-order chi connectivity index (χ1) is 9.15. The minimum absolute atomic E-state index is 0.347. The van der Waals surface area contributed by atoms with E-state index in [0.717, 1.165) is 31.2 Å². The molecule has 0 spiro atoms. The second-order valence-electron chi connectivity index (χ2n) is 5.53. The lowest BCUT2D eigenvalue weighted by atomic mass is 10.0. The van der Waals surface area contributed by atoms with Crippen LogP contribution >= 0.6 is 0 Å². The van der Waals surface area contributed by atoms with Gasteiger partial charge in [-0.2, -0.15) is 5.10 Å². The molecule has 4 heteroatoms. The van der Waals surface area contributed by atoms with Crippen LogP contribution in [-0.4, -0.2) is 35.1 Å². The van der Waals surface area contributed by atoms with Crippen molar-refractivity contribution in [2.75, 3.05) is 13.2 Å². The Labute approximate surface area is 116 Å². The van der Waals surface area contributed by atoms with Crippen LogP contribution in [0, 0.1) is 12.8 Å². The van der Waals surface area contributed by atoms with Crippen LogP contribution in [0.2, 0.25) is 0 Å². The van der Waals surface area contributed by atoms with Crippen LogP contribution < -0.4 is 5.32 Å². The van der Waals surface area contributed by atoms with Gasteiger partial charge in [0, 0.05) is 31.8 Å². The molecule has 0 saturated heterocycles. The van der Waals surface area contributed by atoms with Gasteiger partial charge in [0.15, 0.2) is 0 Å². The summed E-state index contributed by atoms with van der Waals surface area (Å²) in [6, 6.07) is 2.58. The van der Waals surface area contributed by atoms with E-state index >= 15 is 0 Å². The molecule has 2 rings (SSSR count). The van der Waals surface area contributed by atoms with Gasteiger partial charge in [0.2, 0.25) is 0 Å². The highest BCUT2D eigenvalue weighted by molar-refractivity contribution is 5.11. The maximum Gasteiger partial charge on any atom is 0.0759 e.